The molecule has 0 aromatic carbocycles. The van der Waals surface area contributed by atoms with Gasteiger partial charge in [0.25, 0.3) is 0 Å². The highest BCUT2D eigenvalue weighted by Crippen LogP contribution is 2.30. The van der Waals surface area contributed by atoms with E-state index in [0.29, 0.717) is 12.1 Å². The zero-order valence-corrected chi connectivity index (χ0v) is 12.1. The molecule has 2 aliphatic rings. The molecule has 3 atom stereocenters. The van der Waals surface area contributed by atoms with Crippen molar-refractivity contribution in [2.24, 2.45) is 17.6 Å². The van der Waals surface area contributed by atoms with Crippen molar-refractivity contribution in [1.29, 1.82) is 0 Å². The van der Waals surface area contributed by atoms with Gasteiger partial charge in [-0.25, -0.2) is 0 Å². The molecule has 2 heteroatoms. The van der Waals surface area contributed by atoms with E-state index in [1.165, 1.54) is 64.2 Å². The van der Waals surface area contributed by atoms with Gasteiger partial charge in [0, 0.05) is 12.6 Å². The lowest BCUT2D eigenvalue weighted by atomic mass is 9.81. The van der Waals surface area contributed by atoms with Gasteiger partial charge in [-0.15, -0.1) is 0 Å². The van der Waals surface area contributed by atoms with E-state index >= 15 is 0 Å². The second-order valence-corrected chi connectivity index (χ2v) is 6.51. The molecule has 2 N–H and O–H groups in total. The Labute approximate surface area is 113 Å². The molecule has 0 saturated heterocycles. The van der Waals surface area contributed by atoms with Crippen molar-refractivity contribution < 1.29 is 4.74 Å². The van der Waals surface area contributed by atoms with Crippen molar-refractivity contribution >= 4 is 0 Å². The molecule has 0 radical (unpaired) electrons. The van der Waals surface area contributed by atoms with Gasteiger partial charge in [-0.1, -0.05) is 39.0 Å². The van der Waals surface area contributed by atoms with Gasteiger partial charge in [0.1, 0.15) is 0 Å². The average molecular weight is 253 g/mol. The summed E-state index contributed by atoms with van der Waals surface area (Å²) in [6.07, 6.45) is 13.7. The molecule has 0 heterocycles. The Bertz CT molecular complexity index is 225. The smallest absolute Gasteiger partial charge is 0.0728 e. The minimum Gasteiger partial charge on any atom is -0.376 e. The molecule has 0 aliphatic heterocycles. The molecule has 0 spiro atoms. The fraction of sp³-hybridized carbons (Fsp3) is 1.00. The second kappa shape index (κ2) is 7.49. The largest absolute Gasteiger partial charge is 0.376 e. The van der Waals surface area contributed by atoms with Gasteiger partial charge in [0.05, 0.1) is 6.10 Å². The van der Waals surface area contributed by atoms with Crippen LogP contribution in [0.25, 0.3) is 0 Å². The predicted octanol–water partition coefficient (Wildman–Crippen LogP) is 3.88. The fourth-order valence-corrected chi connectivity index (χ4v) is 3.71. The van der Waals surface area contributed by atoms with E-state index in [-0.39, 0.29) is 0 Å². The summed E-state index contributed by atoms with van der Waals surface area (Å²) in [6, 6.07) is 0.293. The molecule has 0 aromatic rings. The van der Waals surface area contributed by atoms with Crippen LogP contribution in [0.3, 0.4) is 0 Å². The third-order valence-corrected chi connectivity index (χ3v) is 4.92. The van der Waals surface area contributed by atoms with Gasteiger partial charge in [-0.05, 0) is 43.9 Å². The summed E-state index contributed by atoms with van der Waals surface area (Å²) in [5.41, 5.74) is 6.23. The maximum absolute atomic E-state index is 6.23. The Morgan fingerprint density at radius 1 is 1.00 bits per heavy atom. The number of hydrogen-bond acceptors (Lipinski definition) is 2. The van der Waals surface area contributed by atoms with Crippen molar-refractivity contribution in [3.8, 4) is 0 Å². The van der Waals surface area contributed by atoms with Crippen molar-refractivity contribution in [2.75, 3.05) is 6.61 Å². The molecule has 2 rings (SSSR count). The summed E-state index contributed by atoms with van der Waals surface area (Å²) in [5.74, 6) is 1.68. The average Bonchev–Trinajstić information content (AvgIpc) is 2.41. The van der Waals surface area contributed by atoms with Crippen molar-refractivity contribution in [3.05, 3.63) is 0 Å². The summed E-state index contributed by atoms with van der Waals surface area (Å²) in [6.45, 7) is 3.25. The molecule has 0 amide bonds. The summed E-state index contributed by atoms with van der Waals surface area (Å²) in [7, 11) is 0. The highest BCUT2D eigenvalue weighted by molar-refractivity contribution is 4.83. The predicted molar refractivity (Wildman–Crippen MR) is 76.5 cm³/mol. The SMILES string of the molecule is CCCC1CCC(N)C(OCC2CCCCC2)C1. The monoisotopic (exact) mass is 253 g/mol. The lowest BCUT2D eigenvalue weighted by molar-refractivity contribution is -0.0231. The van der Waals surface area contributed by atoms with E-state index in [1.807, 2.05) is 0 Å². The summed E-state index contributed by atoms with van der Waals surface area (Å²) in [4.78, 5) is 0. The van der Waals surface area contributed by atoms with Crippen LogP contribution in [-0.2, 0) is 4.74 Å². The van der Waals surface area contributed by atoms with Crippen LogP contribution in [0.1, 0.15) is 71.1 Å². The minimum atomic E-state index is 0.293. The maximum atomic E-state index is 6.23. The van der Waals surface area contributed by atoms with Crippen LogP contribution in [0.4, 0.5) is 0 Å². The normalized spacial score (nSPS) is 34.7. The molecule has 3 unspecified atom stereocenters. The summed E-state index contributed by atoms with van der Waals surface area (Å²) in [5, 5.41) is 0. The topological polar surface area (TPSA) is 35.2 Å². The Balaban J connectivity index is 1.72. The van der Waals surface area contributed by atoms with E-state index in [1.54, 1.807) is 0 Å². The van der Waals surface area contributed by atoms with E-state index in [4.69, 9.17) is 10.5 Å². The Kier molecular flexibility index (Phi) is 5.97. The molecule has 2 nitrogen and oxygen atoms in total. The fourth-order valence-electron chi connectivity index (χ4n) is 3.71. The number of rotatable bonds is 5. The Morgan fingerprint density at radius 3 is 2.50 bits per heavy atom. The molecule has 18 heavy (non-hydrogen) atoms. The van der Waals surface area contributed by atoms with E-state index in [0.717, 1.165) is 18.4 Å². The highest BCUT2D eigenvalue weighted by Gasteiger charge is 2.29. The molecule has 2 saturated carbocycles. The zero-order valence-electron chi connectivity index (χ0n) is 12.1. The van der Waals surface area contributed by atoms with Crippen molar-refractivity contribution in [1.82, 2.24) is 0 Å². The lowest BCUT2D eigenvalue weighted by Crippen LogP contribution is -2.42. The second-order valence-electron chi connectivity index (χ2n) is 6.51. The first-order valence-corrected chi connectivity index (χ1v) is 8.16. The summed E-state index contributed by atoms with van der Waals surface area (Å²) >= 11 is 0. The molecular weight excluding hydrogens is 222 g/mol. The van der Waals surface area contributed by atoms with Gasteiger partial charge >= 0.3 is 0 Å². The molecule has 106 valence electrons. The van der Waals surface area contributed by atoms with E-state index < -0.39 is 0 Å². The molecule has 0 aromatic heterocycles. The first kappa shape index (κ1) is 14.3. The van der Waals surface area contributed by atoms with Gasteiger partial charge < -0.3 is 10.5 Å². The number of hydrogen-bond donors (Lipinski definition) is 1. The lowest BCUT2D eigenvalue weighted by Gasteiger charge is -2.35. The van der Waals surface area contributed by atoms with E-state index in [9.17, 15) is 0 Å². The summed E-state index contributed by atoms with van der Waals surface area (Å²) < 4.78 is 6.19. The number of ether oxygens (including phenoxy) is 1. The molecular formula is C16H31NO. The van der Waals surface area contributed by atoms with Gasteiger partial charge in [-0.3, -0.25) is 0 Å². The quantitative estimate of drug-likeness (QED) is 0.807. The zero-order chi connectivity index (χ0) is 12.8. The van der Waals surface area contributed by atoms with Gasteiger partial charge in [0.2, 0.25) is 0 Å². The van der Waals surface area contributed by atoms with Crippen LogP contribution in [0, 0.1) is 11.8 Å². The molecule has 0 bridgehead atoms. The Hall–Kier alpha value is -0.0800. The van der Waals surface area contributed by atoms with Crippen LogP contribution in [0.2, 0.25) is 0 Å². The minimum absolute atomic E-state index is 0.293. The first-order chi connectivity index (χ1) is 8.79. The van der Waals surface area contributed by atoms with Gasteiger partial charge in [-0.2, -0.15) is 0 Å². The van der Waals surface area contributed by atoms with Crippen molar-refractivity contribution in [2.45, 2.75) is 83.3 Å². The standard InChI is InChI=1S/C16H31NO/c1-2-6-13-9-10-15(17)16(11-13)18-12-14-7-4-3-5-8-14/h13-16H,2-12,17H2,1H3. The number of nitrogens with two attached hydrogens (primary N) is 1. The van der Waals surface area contributed by atoms with Crippen LogP contribution in [0.5, 0.6) is 0 Å². The van der Waals surface area contributed by atoms with Crippen LogP contribution >= 0.6 is 0 Å². The maximum Gasteiger partial charge on any atom is 0.0728 e. The third-order valence-electron chi connectivity index (χ3n) is 4.92. The highest BCUT2D eigenvalue weighted by atomic mass is 16.5. The Morgan fingerprint density at radius 2 is 1.78 bits per heavy atom. The first-order valence-electron chi connectivity index (χ1n) is 8.16. The third kappa shape index (κ3) is 4.24. The van der Waals surface area contributed by atoms with Crippen LogP contribution in [-0.4, -0.2) is 18.8 Å². The molecule has 2 aliphatic carbocycles. The molecule has 2 fully saturated rings. The van der Waals surface area contributed by atoms with Crippen LogP contribution in [0.15, 0.2) is 0 Å². The van der Waals surface area contributed by atoms with Gasteiger partial charge in [0.15, 0.2) is 0 Å². The van der Waals surface area contributed by atoms with E-state index in [2.05, 4.69) is 6.92 Å². The van der Waals surface area contributed by atoms with Crippen molar-refractivity contribution in [3.63, 3.8) is 0 Å². The van der Waals surface area contributed by atoms with Crippen LogP contribution < -0.4 is 5.73 Å².